The molecule has 1 aromatic carbocycles. The standard InChI is InChI=1S/C10H8F2O2/c1-14-10(13)9(12)6-7-3-2-4-8(11)5-7/h2-6H,1H3/b9-6-. The highest BCUT2D eigenvalue weighted by Crippen LogP contribution is 2.10. The zero-order chi connectivity index (χ0) is 10.6. The second kappa shape index (κ2) is 4.50. The highest BCUT2D eigenvalue weighted by molar-refractivity contribution is 5.91. The van der Waals surface area contributed by atoms with Crippen molar-refractivity contribution in [3.05, 3.63) is 41.5 Å². The molecule has 4 heteroatoms. The van der Waals surface area contributed by atoms with Crippen molar-refractivity contribution in [2.75, 3.05) is 7.11 Å². The number of carbonyl (C=O) groups is 1. The van der Waals surface area contributed by atoms with E-state index >= 15 is 0 Å². The molecule has 2 nitrogen and oxygen atoms in total. The number of ether oxygens (including phenoxy) is 1. The number of carbonyl (C=O) groups excluding carboxylic acids is 1. The highest BCUT2D eigenvalue weighted by Gasteiger charge is 2.07. The molecule has 0 N–H and O–H groups in total. The summed E-state index contributed by atoms with van der Waals surface area (Å²) >= 11 is 0. The Hall–Kier alpha value is -1.71. The van der Waals surface area contributed by atoms with Gasteiger partial charge in [0.05, 0.1) is 7.11 Å². The molecule has 0 unspecified atom stereocenters. The van der Waals surface area contributed by atoms with Crippen molar-refractivity contribution in [1.82, 2.24) is 0 Å². The Morgan fingerprint density at radius 1 is 1.50 bits per heavy atom. The molecule has 0 saturated heterocycles. The van der Waals surface area contributed by atoms with Crippen molar-refractivity contribution in [3.8, 4) is 0 Å². The largest absolute Gasteiger partial charge is 0.464 e. The van der Waals surface area contributed by atoms with Gasteiger partial charge in [0.15, 0.2) is 0 Å². The van der Waals surface area contributed by atoms with Crippen molar-refractivity contribution in [2.45, 2.75) is 0 Å². The van der Waals surface area contributed by atoms with E-state index in [4.69, 9.17) is 0 Å². The number of benzene rings is 1. The van der Waals surface area contributed by atoms with Gasteiger partial charge in [0.2, 0.25) is 5.83 Å². The highest BCUT2D eigenvalue weighted by atomic mass is 19.1. The average molecular weight is 198 g/mol. The van der Waals surface area contributed by atoms with E-state index in [2.05, 4.69) is 4.74 Å². The number of hydrogen-bond donors (Lipinski definition) is 0. The van der Waals surface area contributed by atoms with Gasteiger partial charge in [-0.15, -0.1) is 0 Å². The Balaban J connectivity index is 2.91. The summed E-state index contributed by atoms with van der Waals surface area (Å²) in [5.41, 5.74) is 0.271. The Kier molecular flexibility index (Phi) is 3.34. The molecule has 0 amide bonds. The molecule has 14 heavy (non-hydrogen) atoms. The summed E-state index contributed by atoms with van der Waals surface area (Å²) in [6.45, 7) is 0. The van der Waals surface area contributed by atoms with Crippen LogP contribution in [0.3, 0.4) is 0 Å². The molecule has 0 heterocycles. The van der Waals surface area contributed by atoms with E-state index in [9.17, 15) is 13.6 Å². The van der Waals surface area contributed by atoms with Gasteiger partial charge in [-0.1, -0.05) is 12.1 Å². The molecule has 0 saturated carbocycles. The zero-order valence-electron chi connectivity index (χ0n) is 7.46. The van der Waals surface area contributed by atoms with Crippen molar-refractivity contribution in [2.24, 2.45) is 0 Å². The van der Waals surface area contributed by atoms with Gasteiger partial charge in [0.25, 0.3) is 0 Å². The molecule has 0 aliphatic rings. The van der Waals surface area contributed by atoms with Crippen LogP contribution in [0.1, 0.15) is 5.56 Å². The fourth-order valence-corrected chi connectivity index (χ4v) is 0.899. The van der Waals surface area contributed by atoms with E-state index in [0.29, 0.717) is 0 Å². The maximum absolute atomic E-state index is 12.9. The molecule has 0 radical (unpaired) electrons. The molecule has 0 fully saturated rings. The van der Waals surface area contributed by atoms with Crippen LogP contribution in [-0.2, 0) is 9.53 Å². The summed E-state index contributed by atoms with van der Waals surface area (Å²) in [6.07, 6.45) is 0.912. The van der Waals surface area contributed by atoms with Crippen LogP contribution in [-0.4, -0.2) is 13.1 Å². The lowest BCUT2D eigenvalue weighted by Gasteiger charge is -1.96. The van der Waals surface area contributed by atoms with Crippen molar-refractivity contribution >= 4 is 12.0 Å². The number of hydrogen-bond acceptors (Lipinski definition) is 2. The van der Waals surface area contributed by atoms with E-state index in [1.54, 1.807) is 0 Å². The first-order chi connectivity index (χ1) is 6.63. The predicted octanol–water partition coefficient (Wildman–Crippen LogP) is 2.31. The second-order valence-corrected chi connectivity index (χ2v) is 2.54. The third-order valence-electron chi connectivity index (χ3n) is 1.52. The first kappa shape index (κ1) is 10.4. The van der Waals surface area contributed by atoms with Crippen LogP contribution in [0, 0.1) is 5.82 Å². The molecule has 1 rings (SSSR count). The summed E-state index contributed by atoms with van der Waals surface area (Å²) in [5, 5.41) is 0. The lowest BCUT2D eigenvalue weighted by Crippen LogP contribution is -1.99. The summed E-state index contributed by atoms with van der Waals surface area (Å²) in [4.78, 5) is 10.6. The van der Waals surface area contributed by atoms with Crippen LogP contribution >= 0.6 is 0 Å². The molecular formula is C10H8F2O2. The van der Waals surface area contributed by atoms with E-state index in [1.807, 2.05) is 0 Å². The monoisotopic (exact) mass is 198 g/mol. The second-order valence-electron chi connectivity index (χ2n) is 2.54. The molecule has 74 valence electrons. The Labute approximate surface area is 79.8 Å². The molecule has 0 atom stereocenters. The smallest absolute Gasteiger partial charge is 0.366 e. The van der Waals surface area contributed by atoms with Gasteiger partial charge in [-0.25, -0.2) is 9.18 Å². The van der Waals surface area contributed by atoms with Crippen LogP contribution in [0.25, 0.3) is 6.08 Å². The first-order valence-electron chi connectivity index (χ1n) is 3.84. The average Bonchev–Trinajstić information content (AvgIpc) is 2.16. The van der Waals surface area contributed by atoms with Crippen LogP contribution in [0.2, 0.25) is 0 Å². The van der Waals surface area contributed by atoms with Crippen LogP contribution in [0.4, 0.5) is 8.78 Å². The normalized spacial score (nSPS) is 11.2. The van der Waals surface area contributed by atoms with E-state index < -0.39 is 17.6 Å². The Bertz CT molecular complexity index is 372. The maximum Gasteiger partial charge on any atom is 0.366 e. The summed E-state index contributed by atoms with van der Waals surface area (Å²) in [6, 6.07) is 5.24. The third-order valence-corrected chi connectivity index (χ3v) is 1.52. The first-order valence-corrected chi connectivity index (χ1v) is 3.84. The number of esters is 1. The fourth-order valence-electron chi connectivity index (χ4n) is 0.899. The minimum absolute atomic E-state index is 0.271. The summed E-state index contributed by atoms with van der Waals surface area (Å²) in [5.74, 6) is -2.62. The minimum Gasteiger partial charge on any atom is -0.464 e. The van der Waals surface area contributed by atoms with Crippen LogP contribution in [0.15, 0.2) is 30.1 Å². The van der Waals surface area contributed by atoms with Gasteiger partial charge in [0.1, 0.15) is 5.82 Å². The van der Waals surface area contributed by atoms with Gasteiger partial charge in [-0.3, -0.25) is 0 Å². The van der Waals surface area contributed by atoms with Crippen molar-refractivity contribution in [3.63, 3.8) is 0 Å². The number of methoxy groups -OCH3 is 1. The molecule has 0 aliphatic carbocycles. The summed E-state index contributed by atoms with van der Waals surface area (Å²) < 4.78 is 29.6. The van der Waals surface area contributed by atoms with E-state index in [1.165, 1.54) is 18.2 Å². The fraction of sp³-hybridized carbons (Fsp3) is 0.100. The summed E-state index contributed by atoms with van der Waals surface area (Å²) in [7, 11) is 1.07. The topological polar surface area (TPSA) is 26.3 Å². The lowest BCUT2D eigenvalue weighted by atomic mass is 10.2. The molecule has 0 aliphatic heterocycles. The third kappa shape index (κ3) is 2.65. The van der Waals surface area contributed by atoms with Crippen molar-refractivity contribution < 1.29 is 18.3 Å². The molecule has 0 aromatic heterocycles. The van der Waals surface area contributed by atoms with Gasteiger partial charge in [0, 0.05) is 0 Å². The van der Waals surface area contributed by atoms with Crippen molar-refractivity contribution in [1.29, 1.82) is 0 Å². The molecule has 0 spiro atoms. The molecule has 0 bridgehead atoms. The molecule has 1 aromatic rings. The van der Waals surface area contributed by atoms with E-state index in [-0.39, 0.29) is 5.56 Å². The predicted molar refractivity (Wildman–Crippen MR) is 47.5 cm³/mol. The zero-order valence-corrected chi connectivity index (χ0v) is 7.46. The molecular weight excluding hydrogens is 190 g/mol. The van der Waals surface area contributed by atoms with Crippen LogP contribution in [0.5, 0.6) is 0 Å². The SMILES string of the molecule is COC(=O)/C(F)=C/c1cccc(F)c1. The van der Waals surface area contributed by atoms with Gasteiger partial charge in [-0.05, 0) is 23.8 Å². The van der Waals surface area contributed by atoms with Gasteiger partial charge >= 0.3 is 5.97 Å². The maximum atomic E-state index is 12.9. The quantitative estimate of drug-likeness (QED) is 0.538. The lowest BCUT2D eigenvalue weighted by molar-refractivity contribution is -0.137. The van der Waals surface area contributed by atoms with Gasteiger partial charge in [-0.2, -0.15) is 4.39 Å². The Morgan fingerprint density at radius 2 is 2.21 bits per heavy atom. The van der Waals surface area contributed by atoms with E-state index in [0.717, 1.165) is 19.3 Å². The number of rotatable bonds is 2. The van der Waals surface area contributed by atoms with Gasteiger partial charge < -0.3 is 4.74 Å². The van der Waals surface area contributed by atoms with Crippen LogP contribution < -0.4 is 0 Å². The Morgan fingerprint density at radius 3 is 2.79 bits per heavy atom. The number of halogens is 2. The minimum atomic E-state index is -1.07.